The molecule has 0 aliphatic heterocycles. The summed E-state index contributed by atoms with van der Waals surface area (Å²) in [6.07, 6.45) is 0. The van der Waals surface area contributed by atoms with E-state index in [4.69, 9.17) is 0 Å². The van der Waals surface area contributed by atoms with Crippen molar-refractivity contribution in [1.82, 2.24) is 18.3 Å². The first kappa shape index (κ1) is 40.7. The number of hydrogen-bond acceptors (Lipinski definition) is 1. The van der Waals surface area contributed by atoms with Crippen LogP contribution in [0.2, 0.25) is 0 Å². The monoisotopic (exact) mass is 938 g/mol. The lowest BCUT2D eigenvalue weighted by Crippen LogP contribution is -2.25. The van der Waals surface area contributed by atoms with E-state index >= 15 is 4.57 Å². The van der Waals surface area contributed by atoms with Crippen molar-refractivity contribution in [3.63, 3.8) is 0 Å². The molecule has 0 aliphatic rings. The van der Waals surface area contributed by atoms with E-state index in [1.807, 2.05) is 30.3 Å². The summed E-state index contributed by atoms with van der Waals surface area (Å²) in [7, 11) is -3.37. The van der Waals surface area contributed by atoms with Gasteiger partial charge in [-0.3, -0.25) is 0 Å². The maximum absolute atomic E-state index is 16.3. The molecule has 338 valence electrons. The zero-order valence-electron chi connectivity index (χ0n) is 39.0. The van der Waals surface area contributed by atoms with Crippen molar-refractivity contribution in [2.45, 2.75) is 0 Å². The Labute approximate surface area is 414 Å². The average molecular weight is 939 g/mol. The summed E-state index contributed by atoms with van der Waals surface area (Å²) in [6, 6.07) is 92.4. The molecule has 72 heavy (non-hydrogen) atoms. The molecule has 0 saturated heterocycles. The molecule has 4 aromatic heterocycles. The summed E-state index contributed by atoms with van der Waals surface area (Å²) < 4.78 is 25.7. The maximum Gasteiger partial charge on any atom is 0.171 e. The van der Waals surface area contributed by atoms with Gasteiger partial charge in [-0.25, -0.2) is 0 Å². The second-order valence-corrected chi connectivity index (χ2v) is 21.6. The van der Waals surface area contributed by atoms with Crippen LogP contribution in [0.15, 0.2) is 261 Å². The molecule has 0 N–H and O–H groups in total. The van der Waals surface area contributed by atoms with Crippen molar-refractivity contribution in [2.75, 3.05) is 0 Å². The Bertz CT molecular complexity index is 4400. The van der Waals surface area contributed by atoms with Gasteiger partial charge in [-0.2, -0.15) is 0 Å². The summed E-state index contributed by atoms with van der Waals surface area (Å²) in [5.41, 5.74) is 13.4. The molecule has 0 unspecified atom stereocenters. The first-order valence-corrected chi connectivity index (χ1v) is 26.2. The molecule has 6 heteroatoms. The highest BCUT2D eigenvalue weighted by molar-refractivity contribution is 7.85. The maximum atomic E-state index is 16.3. The molecular formula is C66H43N4OP. The van der Waals surface area contributed by atoms with Crippen LogP contribution in [0.1, 0.15) is 0 Å². The molecule has 0 saturated carbocycles. The Morgan fingerprint density at radius 2 is 0.458 bits per heavy atom. The Morgan fingerprint density at radius 3 is 0.778 bits per heavy atom. The van der Waals surface area contributed by atoms with E-state index in [9.17, 15) is 0 Å². The highest BCUT2D eigenvalue weighted by Crippen LogP contribution is 2.45. The van der Waals surface area contributed by atoms with E-state index in [-0.39, 0.29) is 0 Å². The summed E-state index contributed by atoms with van der Waals surface area (Å²) in [4.78, 5) is 0. The van der Waals surface area contributed by atoms with E-state index in [0.29, 0.717) is 0 Å². The summed E-state index contributed by atoms with van der Waals surface area (Å²) in [6.45, 7) is 0. The predicted molar refractivity (Wildman–Crippen MR) is 303 cm³/mol. The number of rotatable bonds is 7. The molecule has 0 radical (unpaired) electrons. The summed E-state index contributed by atoms with van der Waals surface area (Å²) in [5, 5.41) is 12.0. The van der Waals surface area contributed by atoms with Crippen LogP contribution in [0, 0.1) is 0 Å². The lowest BCUT2D eigenvalue weighted by molar-refractivity contribution is 0.592. The SMILES string of the molecule is O=P(c1ccccc1)(c1ccc(-n2c3ccccc3c3cc4c5ccccc5n(-c5ccccc5)c4cc32)cc1)c1ccc(-n2c3ccccc3c3cc4c5ccccc5n(-c5ccccc5)c4cc32)cc1. The lowest BCUT2D eigenvalue weighted by atomic mass is 10.1. The molecule has 0 spiro atoms. The molecule has 0 atom stereocenters. The minimum absolute atomic E-state index is 0.783. The predicted octanol–water partition coefficient (Wildman–Crippen LogP) is 15.7. The van der Waals surface area contributed by atoms with Crippen molar-refractivity contribution < 1.29 is 4.57 Å². The van der Waals surface area contributed by atoms with Crippen LogP contribution in [-0.4, -0.2) is 18.3 Å². The smallest absolute Gasteiger partial charge is 0.171 e. The molecule has 4 heterocycles. The Balaban J connectivity index is 0.880. The van der Waals surface area contributed by atoms with Crippen molar-refractivity contribution in [3.8, 4) is 22.7 Å². The van der Waals surface area contributed by atoms with Gasteiger partial charge in [-0.1, -0.05) is 140 Å². The number of hydrogen-bond donors (Lipinski definition) is 0. The van der Waals surface area contributed by atoms with Gasteiger partial charge in [0, 0.05) is 81.8 Å². The summed E-state index contributed by atoms with van der Waals surface area (Å²) >= 11 is 0. The van der Waals surface area contributed by atoms with E-state index in [0.717, 1.165) is 71.8 Å². The third-order valence-electron chi connectivity index (χ3n) is 15.0. The molecular weight excluding hydrogens is 896 g/mol. The van der Waals surface area contributed by atoms with Crippen LogP contribution in [0.3, 0.4) is 0 Å². The fraction of sp³-hybridized carbons (Fsp3) is 0. The zero-order chi connectivity index (χ0) is 47.5. The van der Waals surface area contributed by atoms with E-state index in [1.165, 1.54) is 54.1 Å². The van der Waals surface area contributed by atoms with Gasteiger partial charge in [-0.15, -0.1) is 0 Å². The van der Waals surface area contributed by atoms with Crippen LogP contribution >= 0.6 is 7.14 Å². The fourth-order valence-corrected chi connectivity index (χ4v) is 14.5. The van der Waals surface area contributed by atoms with Gasteiger partial charge in [0.15, 0.2) is 7.14 Å². The minimum Gasteiger partial charge on any atom is -0.309 e. The van der Waals surface area contributed by atoms with E-state index in [2.05, 4.69) is 249 Å². The van der Waals surface area contributed by atoms with Gasteiger partial charge in [0.2, 0.25) is 0 Å². The summed E-state index contributed by atoms with van der Waals surface area (Å²) in [5.74, 6) is 0. The van der Waals surface area contributed by atoms with Gasteiger partial charge in [0.05, 0.1) is 44.1 Å². The molecule has 0 bridgehead atoms. The number of aromatic nitrogens is 4. The molecule has 15 aromatic rings. The molecule has 0 fully saturated rings. The van der Waals surface area contributed by atoms with Crippen LogP contribution in [0.25, 0.3) is 110 Å². The van der Waals surface area contributed by atoms with Crippen molar-refractivity contribution in [2.24, 2.45) is 0 Å². The standard InChI is InChI=1S/C66H43N4OP/c71-72(48-22-8-3-9-23-48,49-36-32-46(33-37-49)69-61-30-16-12-26-53(61)57-40-55-51-24-10-14-28-59(51)67(63(55)42-65(57)69)44-18-4-1-5-19-44)50-38-34-47(35-39-50)70-62-31-17-13-27-54(62)58-41-56-52-25-11-15-29-60(52)68(64(56)43-66(58)70)45-20-6-2-7-21-45/h1-43H. The fourth-order valence-electron chi connectivity index (χ4n) is 11.8. The van der Waals surface area contributed by atoms with Gasteiger partial charge < -0.3 is 22.8 Å². The second kappa shape index (κ2) is 15.7. The quantitative estimate of drug-likeness (QED) is 0.147. The van der Waals surface area contributed by atoms with Gasteiger partial charge in [0.1, 0.15) is 0 Å². The van der Waals surface area contributed by atoms with Gasteiger partial charge >= 0.3 is 0 Å². The molecule has 0 amide bonds. The molecule has 5 nitrogen and oxygen atoms in total. The Hall–Kier alpha value is -9.15. The number of nitrogens with zero attached hydrogens (tertiary/aromatic N) is 4. The molecule has 15 rings (SSSR count). The topological polar surface area (TPSA) is 36.8 Å². The number of fused-ring (bicyclic) bond motifs is 12. The zero-order valence-corrected chi connectivity index (χ0v) is 39.9. The first-order chi connectivity index (χ1) is 35.6. The van der Waals surface area contributed by atoms with Crippen LogP contribution in [-0.2, 0) is 4.57 Å². The number of para-hydroxylation sites is 6. The van der Waals surface area contributed by atoms with Crippen molar-refractivity contribution >= 4 is 110 Å². The van der Waals surface area contributed by atoms with Crippen molar-refractivity contribution in [3.05, 3.63) is 261 Å². The van der Waals surface area contributed by atoms with Gasteiger partial charge in [0.25, 0.3) is 0 Å². The lowest BCUT2D eigenvalue weighted by Gasteiger charge is -2.21. The second-order valence-electron chi connectivity index (χ2n) is 18.8. The Morgan fingerprint density at radius 1 is 0.208 bits per heavy atom. The third-order valence-corrected chi connectivity index (χ3v) is 18.1. The van der Waals surface area contributed by atoms with Crippen LogP contribution in [0.5, 0.6) is 0 Å². The van der Waals surface area contributed by atoms with Gasteiger partial charge in [-0.05, 0) is 121 Å². The Kier molecular flexibility index (Phi) is 8.87. The third kappa shape index (κ3) is 5.86. The highest BCUT2D eigenvalue weighted by atomic mass is 31.2. The first-order valence-electron chi connectivity index (χ1n) is 24.5. The van der Waals surface area contributed by atoms with E-state index in [1.54, 1.807) is 0 Å². The largest absolute Gasteiger partial charge is 0.309 e. The van der Waals surface area contributed by atoms with E-state index < -0.39 is 7.14 Å². The number of benzene rings is 11. The van der Waals surface area contributed by atoms with Crippen molar-refractivity contribution in [1.29, 1.82) is 0 Å². The highest BCUT2D eigenvalue weighted by Gasteiger charge is 2.30. The van der Waals surface area contributed by atoms with Crippen LogP contribution < -0.4 is 15.9 Å². The molecule has 11 aromatic carbocycles. The van der Waals surface area contributed by atoms with Crippen LogP contribution in [0.4, 0.5) is 0 Å². The minimum atomic E-state index is -3.37. The average Bonchev–Trinajstić information content (AvgIpc) is 4.17. The molecule has 0 aliphatic carbocycles. The normalized spacial score (nSPS) is 12.2.